The number of nitrogens with zero attached hydrogens (tertiary/aromatic N) is 1. The molecule has 1 saturated carbocycles. The van der Waals surface area contributed by atoms with Crippen molar-refractivity contribution in [1.82, 2.24) is 10.2 Å². The molecule has 1 unspecified atom stereocenters. The summed E-state index contributed by atoms with van der Waals surface area (Å²) in [6, 6.07) is 8.46. The van der Waals surface area contributed by atoms with Crippen LogP contribution in [0.2, 0.25) is 0 Å². The minimum absolute atomic E-state index is 0.205. The number of amides is 1. The fourth-order valence-electron chi connectivity index (χ4n) is 3.89. The van der Waals surface area contributed by atoms with Crippen molar-refractivity contribution in [1.29, 1.82) is 0 Å². The summed E-state index contributed by atoms with van der Waals surface area (Å²) in [6.07, 6.45) is 3.93. The number of piperazine rings is 1. The second-order valence-corrected chi connectivity index (χ2v) is 7.68. The first kappa shape index (κ1) is 22.2. The third-order valence-electron chi connectivity index (χ3n) is 5.46. The summed E-state index contributed by atoms with van der Waals surface area (Å²) in [5.74, 6) is 0.938. The van der Waals surface area contributed by atoms with Crippen LogP contribution < -0.4 is 10.6 Å². The first-order chi connectivity index (χ1) is 13.5. The van der Waals surface area contributed by atoms with Crippen LogP contribution in [0.1, 0.15) is 50.5 Å². The van der Waals surface area contributed by atoms with Gasteiger partial charge in [0.05, 0.1) is 0 Å². The second-order valence-electron chi connectivity index (χ2n) is 7.68. The Morgan fingerprint density at radius 1 is 1.11 bits per heavy atom. The Balaban J connectivity index is 0.000000640. The first-order valence-electron chi connectivity index (χ1n) is 10.2. The van der Waals surface area contributed by atoms with E-state index in [9.17, 15) is 4.79 Å². The van der Waals surface area contributed by atoms with E-state index < -0.39 is 6.16 Å². The minimum Gasteiger partial charge on any atom is -0.450 e. The van der Waals surface area contributed by atoms with Crippen LogP contribution in [0, 0.1) is 5.92 Å². The van der Waals surface area contributed by atoms with Crippen molar-refractivity contribution in [3.05, 3.63) is 29.8 Å². The smallest absolute Gasteiger partial charge is 0.450 e. The van der Waals surface area contributed by atoms with Crippen molar-refractivity contribution >= 4 is 17.7 Å². The van der Waals surface area contributed by atoms with Gasteiger partial charge in [0.25, 0.3) is 0 Å². The molecule has 1 amide bonds. The van der Waals surface area contributed by atoms with Crippen LogP contribution in [0.5, 0.6) is 0 Å². The van der Waals surface area contributed by atoms with Crippen LogP contribution in [0.4, 0.5) is 10.5 Å². The van der Waals surface area contributed by atoms with Gasteiger partial charge in [-0.3, -0.25) is 4.79 Å². The monoisotopic (exact) mass is 391 g/mol. The maximum absolute atomic E-state index is 12.3. The van der Waals surface area contributed by atoms with Crippen molar-refractivity contribution in [3.8, 4) is 0 Å². The Kier molecular flexibility index (Phi) is 9.23. The highest BCUT2D eigenvalue weighted by Crippen LogP contribution is 2.25. The maximum Gasteiger partial charge on any atom is 0.503 e. The molecule has 2 aliphatic rings. The SMILES string of the molecule is CC(CN1CCNCC1)c1ccc(NC(=O)C2CCCCC2)cc1.O=C(O)O. The summed E-state index contributed by atoms with van der Waals surface area (Å²) >= 11 is 0. The van der Waals surface area contributed by atoms with E-state index in [0.717, 1.165) is 51.3 Å². The van der Waals surface area contributed by atoms with Crippen LogP contribution in [0.15, 0.2) is 24.3 Å². The lowest BCUT2D eigenvalue weighted by atomic mass is 9.88. The van der Waals surface area contributed by atoms with Gasteiger partial charge in [-0.1, -0.05) is 38.3 Å². The third kappa shape index (κ3) is 7.86. The van der Waals surface area contributed by atoms with Crippen molar-refractivity contribution in [3.63, 3.8) is 0 Å². The normalized spacial score (nSPS) is 19.2. The molecule has 1 aliphatic heterocycles. The zero-order valence-corrected chi connectivity index (χ0v) is 16.7. The molecule has 28 heavy (non-hydrogen) atoms. The number of anilines is 1. The average molecular weight is 392 g/mol. The minimum atomic E-state index is -1.83. The van der Waals surface area contributed by atoms with Crippen LogP contribution in [-0.2, 0) is 4.79 Å². The molecule has 1 saturated heterocycles. The molecule has 3 rings (SSSR count). The summed E-state index contributed by atoms with van der Waals surface area (Å²) in [7, 11) is 0. The summed E-state index contributed by atoms with van der Waals surface area (Å²) in [6.45, 7) is 7.87. The van der Waals surface area contributed by atoms with Gasteiger partial charge in [0.15, 0.2) is 0 Å². The van der Waals surface area contributed by atoms with Crippen LogP contribution in [0.3, 0.4) is 0 Å². The molecule has 7 nitrogen and oxygen atoms in total. The number of rotatable bonds is 5. The first-order valence-corrected chi connectivity index (χ1v) is 10.2. The summed E-state index contributed by atoms with van der Waals surface area (Å²) in [5.41, 5.74) is 2.29. The topological polar surface area (TPSA) is 102 Å². The number of carbonyl (C=O) groups is 2. The van der Waals surface area contributed by atoms with E-state index in [1.165, 1.54) is 24.8 Å². The Hall–Kier alpha value is -2.12. The summed E-state index contributed by atoms with van der Waals surface area (Å²) < 4.78 is 0. The van der Waals surface area contributed by atoms with Gasteiger partial charge in [-0.2, -0.15) is 0 Å². The zero-order chi connectivity index (χ0) is 20.4. The van der Waals surface area contributed by atoms with Crippen molar-refractivity contribution < 1.29 is 19.8 Å². The fourth-order valence-corrected chi connectivity index (χ4v) is 3.89. The zero-order valence-electron chi connectivity index (χ0n) is 16.7. The van der Waals surface area contributed by atoms with Crippen molar-refractivity contribution in [2.75, 3.05) is 38.0 Å². The molecule has 0 radical (unpaired) electrons. The van der Waals surface area contributed by atoms with E-state index in [0.29, 0.717) is 5.92 Å². The van der Waals surface area contributed by atoms with Gasteiger partial charge in [0.1, 0.15) is 0 Å². The summed E-state index contributed by atoms with van der Waals surface area (Å²) in [4.78, 5) is 23.4. The molecule has 7 heteroatoms. The molecule has 1 heterocycles. The lowest BCUT2D eigenvalue weighted by Gasteiger charge is -2.29. The summed E-state index contributed by atoms with van der Waals surface area (Å²) in [5, 5.41) is 20.4. The predicted molar refractivity (Wildman–Crippen MR) is 110 cm³/mol. The molecule has 0 spiro atoms. The van der Waals surface area contributed by atoms with Crippen LogP contribution in [0.25, 0.3) is 0 Å². The molecule has 1 aromatic rings. The highest BCUT2D eigenvalue weighted by atomic mass is 16.6. The number of nitrogens with one attached hydrogen (secondary N) is 2. The van der Waals surface area contributed by atoms with E-state index in [-0.39, 0.29) is 11.8 Å². The molecule has 0 aromatic heterocycles. The van der Waals surface area contributed by atoms with Crippen LogP contribution in [-0.4, -0.2) is 59.9 Å². The average Bonchev–Trinajstić information content (AvgIpc) is 2.69. The largest absolute Gasteiger partial charge is 0.503 e. The third-order valence-corrected chi connectivity index (χ3v) is 5.46. The molecular weight excluding hydrogens is 358 g/mol. The number of carbonyl (C=O) groups excluding carboxylic acids is 1. The van der Waals surface area contributed by atoms with Gasteiger partial charge >= 0.3 is 6.16 Å². The van der Waals surface area contributed by atoms with Gasteiger partial charge in [-0.05, 0) is 36.5 Å². The van der Waals surface area contributed by atoms with E-state index >= 15 is 0 Å². The number of hydrogen-bond donors (Lipinski definition) is 4. The second kappa shape index (κ2) is 11.7. The number of benzene rings is 1. The Labute approximate surface area is 167 Å². The van der Waals surface area contributed by atoms with Gasteiger partial charge in [-0.25, -0.2) is 4.79 Å². The van der Waals surface area contributed by atoms with Crippen molar-refractivity contribution in [2.24, 2.45) is 5.92 Å². The number of carboxylic acid groups (broad SMARTS) is 2. The molecule has 0 bridgehead atoms. The molecule has 4 N–H and O–H groups in total. The highest BCUT2D eigenvalue weighted by molar-refractivity contribution is 5.92. The predicted octanol–water partition coefficient (Wildman–Crippen LogP) is 3.44. The quantitative estimate of drug-likeness (QED) is 0.613. The molecule has 156 valence electrons. The Morgan fingerprint density at radius 2 is 1.68 bits per heavy atom. The van der Waals surface area contributed by atoms with E-state index in [2.05, 4.69) is 46.7 Å². The lowest BCUT2D eigenvalue weighted by molar-refractivity contribution is -0.120. The van der Waals surface area contributed by atoms with E-state index in [1.54, 1.807) is 0 Å². The molecule has 1 atom stereocenters. The van der Waals surface area contributed by atoms with Gasteiger partial charge in [-0.15, -0.1) is 0 Å². The van der Waals surface area contributed by atoms with Gasteiger partial charge in [0, 0.05) is 44.3 Å². The van der Waals surface area contributed by atoms with Crippen LogP contribution >= 0.6 is 0 Å². The van der Waals surface area contributed by atoms with Crippen molar-refractivity contribution in [2.45, 2.75) is 44.9 Å². The lowest BCUT2D eigenvalue weighted by Crippen LogP contribution is -2.44. The molecule has 1 aromatic carbocycles. The van der Waals surface area contributed by atoms with Gasteiger partial charge in [0.2, 0.25) is 5.91 Å². The Morgan fingerprint density at radius 3 is 2.25 bits per heavy atom. The molecule has 2 fully saturated rings. The molecule has 1 aliphatic carbocycles. The standard InChI is InChI=1S/C20H31N3O.CH2O3/c1-16(15-23-13-11-21-12-14-23)17-7-9-19(10-8-17)22-20(24)18-5-3-2-4-6-18;2-1(3)4/h7-10,16,18,21H,2-6,11-15H2,1H3,(H,22,24);(H2,2,3,4). The fraction of sp³-hybridized carbons (Fsp3) is 0.619. The van der Waals surface area contributed by atoms with E-state index in [1.807, 2.05) is 0 Å². The Bertz CT molecular complexity index is 605. The molecular formula is C21H33N3O4. The highest BCUT2D eigenvalue weighted by Gasteiger charge is 2.21. The van der Waals surface area contributed by atoms with Gasteiger partial charge < -0.3 is 25.7 Å². The maximum atomic E-state index is 12.3. The van der Waals surface area contributed by atoms with E-state index in [4.69, 9.17) is 15.0 Å². The number of hydrogen-bond acceptors (Lipinski definition) is 4.